The average molecular weight is 773 g/mol. The van der Waals surface area contributed by atoms with E-state index in [1.165, 1.54) is 4.57 Å². The van der Waals surface area contributed by atoms with Crippen molar-refractivity contribution < 1.29 is 14.7 Å². The zero-order valence-corrected chi connectivity index (χ0v) is 32.3. The number of imidazole rings is 1. The summed E-state index contributed by atoms with van der Waals surface area (Å²) in [5.41, 5.74) is 11.8. The number of phenols is 1. The Balaban J connectivity index is 0.789. The number of amides is 2. The van der Waals surface area contributed by atoms with Gasteiger partial charge in [-0.2, -0.15) is 0 Å². The van der Waals surface area contributed by atoms with Gasteiger partial charge in [0.2, 0.25) is 17.8 Å². The number of aromatic nitrogens is 6. The van der Waals surface area contributed by atoms with Crippen LogP contribution >= 0.6 is 0 Å². The predicted octanol–water partition coefficient (Wildman–Crippen LogP) is 2.81. The molecule has 2 amide bonds. The number of piperidine rings is 2. The van der Waals surface area contributed by atoms with Crippen LogP contribution in [0.15, 0.2) is 65.7 Å². The van der Waals surface area contributed by atoms with E-state index < -0.39 is 11.9 Å². The molecule has 3 atom stereocenters. The maximum atomic E-state index is 13.2. The van der Waals surface area contributed by atoms with Gasteiger partial charge in [-0.25, -0.2) is 14.8 Å². The van der Waals surface area contributed by atoms with Crippen molar-refractivity contribution in [1.82, 2.24) is 44.4 Å². The number of rotatable bonds is 9. The first-order valence-corrected chi connectivity index (χ1v) is 19.8. The van der Waals surface area contributed by atoms with Crippen LogP contribution in [-0.2, 0) is 29.7 Å². The Hall–Kier alpha value is -5.87. The van der Waals surface area contributed by atoms with Gasteiger partial charge in [0.1, 0.15) is 11.8 Å². The number of benzene rings is 2. The lowest BCUT2D eigenvalue weighted by molar-refractivity contribution is -0.135. The number of phenolic OH excluding ortho intramolecular Hbond substituents is 1. The van der Waals surface area contributed by atoms with Gasteiger partial charge >= 0.3 is 5.69 Å². The SMILES string of the molecule is CN(Cc1cnc(N2C3CCC2CN(c2cc(-c4ccccc4O)nnc2N)C3)nc1)C1CCN(Cc2ccc3c(c2)n(C)c(=O)n3C2CCC(=O)NC2=O)CC1. The molecule has 16 nitrogen and oxygen atoms in total. The number of hydrogen-bond acceptors (Lipinski definition) is 13. The maximum absolute atomic E-state index is 13.2. The highest BCUT2D eigenvalue weighted by Gasteiger charge is 2.42. The van der Waals surface area contributed by atoms with Crippen LogP contribution < -0.4 is 26.5 Å². The number of para-hydroxylation sites is 1. The summed E-state index contributed by atoms with van der Waals surface area (Å²) in [5, 5.41) is 21.3. The molecule has 4 aliphatic rings. The normalized spacial score (nSPS) is 21.8. The molecule has 5 aromatic rings. The highest BCUT2D eigenvalue weighted by Crippen LogP contribution is 2.38. The second-order valence-electron chi connectivity index (χ2n) is 16.0. The number of likely N-dealkylation sites (tertiary alicyclic amines) is 1. The van der Waals surface area contributed by atoms with Gasteiger partial charge in [-0.3, -0.25) is 33.8 Å². The lowest BCUT2D eigenvalue weighted by Gasteiger charge is -2.42. The Morgan fingerprint density at radius 3 is 2.35 bits per heavy atom. The number of aryl methyl sites for hydroxylation is 1. The summed E-state index contributed by atoms with van der Waals surface area (Å²) in [7, 11) is 3.91. The number of aromatic hydroxyl groups is 1. The summed E-state index contributed by atoms with van der Waals surface area (Å²) >= 11 is 0. The van der Waals surface area contributed by atoms with Crippen LogP contribution in [0.4, 0.5) is 17.5 Å². The van der Waals surface area contributed by atoms with E-state index in [1.54, 1.807) is 23.7 Å². The molecule has 2 aromatic carbocycles. The average Bonchev–Trinajstić information content (AvgIpc) is 3.62. The first-order chi connectivity index (χ1) is 27.6. The van der Waals surface area contributed by atoms with E-state index >= 15 is 0 Å². The zero-order chi connectivity index (χ0) is 39.4. The number of nitrogens with one attached hydrogen (secondary N) is 1. The van der Waals surface area contributed by atoms with Crippen LogP contribution in [0.5, 0.6) is 5.75 Å². The minimum atomic E-state index is -0.688. The van der Waals surface area contributed by atoms with Crippen molar-refractivity contribution in [2.24, 2.45) is 7.05 Å². The number of carbonyl (C=O) groups excluding carboxylic acids is 2. The third kappa shape index (κ3) is 6.96. The Kier molecular flexibility index (Phi) is 9.60. The summed E-state index contributed by atoms with van der Waals surface area (Å²) in [5.74, 6) is 0.584. The van der Waals surface area contributed by atoms with Crippen molar-refractivity contribution >= 4 is 40.3 Å². The van der Waals surface area contributed by atoms with Gasteiger partial charge in [0.05, 0.1) is 22.4 Å². The number of imide groups is 1. The number of nitrogens with two attached hydrogens (primary N) is 1. The summed E-state index contributed by atoms with van der Waals surface area (Å²) in [6.07, 6.45) is 8.66. The lowest BCUT2D eigenvalue weighted by Crippen LogP contribution is -2.54. The number of fused-ring (bicyclic) bond motifs is 3. The van der Waals surface area contributed by atoms with E-state index in [9.17, 15) is 19.5 Å². The monoisotopic (exact) mass is 772 g/mol. The van der Waals surface area contributed by atoms with Gasteiger partial charge in [-0.1, -0.05) is 18.2 Å². The number of nitrogen functional groups attached to an aromatic ring is 1. The van der Waals surface area contributed by atoms with Gasteiger partial charge in [0.15, 0.2) is 5.82 Å². The number of anilines is 3. The van der Waals surface area contributed by atoms with Crippen LogP contribution in [0.2, 0.25) is 0 Å². The maximum Gasteiger partial charge on any atom is 0.329 e. The van der Waals surface area contributed by atoms with E-state index in [2.05, 4.69) is 48.2 Å². The summed E-state index contributed by atoms with van der Waals surface area (Å²) < 4.78 is 3.12. The molecular weight excluding hydrogens is 725 g/mol. The molecule has 0 radical (unpaired) electrons. The smallest absolute Gasteiger partial charge is 0.329 e. The highest BCUT2D eigenvalue weighted by atomic mass is 16.3. The lowest BCUT2D eigenvalue weighted by atomic mass is 10.0. The van der Waals surface area contributed by atoms with Crippen LogP contribution in [0.3, 0.4) is 0 Å². The minimum Gasteiger partial charge on any atom is -0.507 e. The standard InChI is InChI=1S/C41H48N12O4/c1-48(27-13-15-50(16-14-27)22-25-7-10-32-34(17-25)49(2)41(57)53(32)33-11-12-37(55)45-39(33)56)21-26-19-43-40(44-20-26)52-28-8-9-29(52)24-51(23-28)35-18-31(46-47-38(35)42)30-5-3-4-6-36(30)54/h3-7,10,17-20,27-29,33,54H,8-9,11-16,21-24H2,1-2H3,(H2,42,47)(H,45,55,56). The molecule has 2 bridgehead atoms. The molecule has 16 heteroatoms. The largest absolute Gasteiger partial charge is 0.507 e. The third-order valence-electron chi connectivity index (χ3n) is 12.4. The van der Waals surface area contributed by atoms with Crippen molar-refractivity contribution in [2.45, 2.75) is 75.8 Å². The van der Waals surface area contributed by atoms with Crippen molar-refractivity contribution in [3.05, 3.63) is 82.5 Å². The topological polar surface area (TPSA) is 184 Å². The molecule has 4 saturated heterocycles. The molecule has 4 N–H and O–H groups in total. The predicted molar refractivity (Wildman–Crippen MR) is 215 cm³/mol. The van der Waals surface area contributed by atoms with E-state index in [4.69, 9.17) is 15.7 Å². The second-order valence-corrected chi connectivity index (χ2v) is 16.0. The van der Waals surface area contributed by atoms with E-state index in [0.29, 0.717) is 35.1 Å². The Morgan fingerprint density at radius 1 is 0.895 bits per heavy atom. The van der Waals surface area contributed by atoms with Crippen molar-refractivity contribution in [3.63, 3.8) is 0 Å². The molecule has 0 aliphatic carbocycles. The highest BCUT2D eigenvalue weighted by molar-refractivity contribution is 6.00. The number of piperazine rings is 1. The molecule has 4 fully saturated rings. The summed E-state index contributed by atoms with van der Waals surface area (Å²) in [4.78, 5) is 56.8. The molecule has 7 heterocycles. The minimum absolute atomic E-state index is 0.158. The molecular formula is C41H48N12O4. The summed E-state index contributed by atoms with van der Waals surface area (Å²) in [6.45, 7) is 5.02. The quantitative estimate of drug-likeness (QED) is 0.186. The fourth-order valence-corrected chi connectivity index (χ4v) is 9.39. The molecule has 0 saturated carbocycles. The van der Waals surface area contributed by atoms with Crippen molar-refractivity contribution in [3.8, 4) is 17.0 Å². The molecule has 4 aliphatic heterocycles. The Morgan fingerprint density at radius 2 is 1.63 bits per heavy atom. The van der Waals surface area contributed by atoms with Gasteiger partial charge in [0.25, 0.3) is 0 Å². The van der Waals surface area contributed by atoms with Crippen molar-refractivity contribution in [1.29, 1.82) is 0 Å². The molecule has 296 valence electrons. The van der Waals surface area contributed by atoms with Gasteiger partial charge in [-0.05, 0) is 88.1 Å². The summed E-state index contributed by atoms with van der Waals surface area (Å²) in [6, 6.07) is 15.3. The number of hydrogen-bond donors (Lipinski definition) is 3. The fraction of sp³-hybridized carbons (Fsp3) is 0.439. The van der Waals surface area contributed by atoms with Crippen LogP contribution in [0.25, 0.3) is 22.3 Å². The Bertz CT molecular complexity index is 2370. The van der Waals surface area contributed by atoms with Gasteiger partial charge in [-0.15, -0.1) is 10.2 Å². The molecule has 57 heavy (non-hydrogen) atoms. The van der Waals surface area contributed by atoms with Crippen molar-refractivity contribution in [2.75, 3.05) is 48.8 Å². The first-order valence-electron chi connectivity index (χ1n) is 19.8. The molecule has 3 unspecified atom stereocenters. The molecule has 9 rings (SSSR count). The zero-order valence-electron chi connectivity index (χ0n) is 32.3. The fourth-order valence-electron chi connectivity index (χ4n) is 9.39. The van der Waals surface area contributed by atoms with Gasteiger partial charge in [0, 0.05) is 81.3 Å². The van der Waals surface area contributed by atoms with E-state index in [1.807, 2.05) is 42.7 Å². The Labute approximate surface area is 329 Å². The van der Waals surface area contributed by atoms with Gasteiger partial charge < -0.3 is 20.6 Å². The van der Waals surface area contributed by atoms with Crippen LogP contribution in [-0.4, -0.2) is 107 Å². The van der Waals surface area contributed by atoms with E-state index in [0.717, 1.165) is 93.2 Å². The molecule has 0 spiro atoms. The second kappa shape index (κ2) is 14.9. The molecule has 3 aromatic heterocycles. The number of carbonyl (C=O) groups is 2. The van der Waals surface area contributed by atoms with E-state index in [-0.39, 0.29) is 35.9 Å². The third-order valence-corrected chi connectivity index (χ3v) is 12.4. The number of nitrogens with zero attached hydrogens (tertiary/aromatic N) is 10. The van der Waals surface area contributed by atoms with Crippen LogP contribution in [0.1, 0.15) is 55.7 Å². The van der Waals surface area contributed by atoms with Crippen LogP contribution in [0, 0.1) is 0 Å². The first kappa shape index (κ1) is 36.7.